The van der Waals surface area contributed by atoms with E-state index in [0.29, 0.717) is 5.13 Å². The molecule has 0 bridgehead atoms. The number of amides is 1. The Morgan fingerprint density at radius 3 is 2.45 bits per heavy atom. The van der Waals surface area contributed by atoms with E-state index in [-0.39, 0.29) is 16.1 Å². The molecule has 0 spiro atoms. The Labute approximate surface area is 196 Å². The number of sulfonamides is 1. The summed E-state index contributed by atoms with van der Waals surface area (Å²) in [4.78, 5) is 17.6. The number of methoxy groups -OCH3 is 1. The first-order chi connectivity index (χ1) is 15.9. The van der Waals surface area contributed by atoms with Gasteiger partial charge in [-0.15, -0.1) is 11.3 Å². The van der Waals surface area contributed by atoms with Crippen LogP contribution in [0.25, 0.3) is 11.3 Å². The van der Waals surface area contributed by atoms with Crippen molar-refractivity contribution in [2.24, 2.45) is 0 Å². The average molecular weight is 480 g/mol. The Balaban J connectivity index is 1.54. The van der Waals surface area contributed by atoms with Gasteiger partial charge in [0.2, 0.25) is 0 Å². The molecular weight excluding hydrogens is 458 g/mol. The first-order valence-electron chi connectivity index (χ1n) is 9.96. The quantitative estimate of drug-likeness (QED) is 0.381. The van der Waals surface area contributed by atoms with Crippen LogP contribution in [0.2, 0.25) is 0 Å². The summed E-state index contributed by atoms with van der Waals surface area (Å²) in [7, 11) is -2.22. The number of rotatable bonds is 7. The van der Waals surface area contributed by atoms with Gasteiger partial charge in [-0.2, -0.15) is 0 Å². The molecule has 33 heavy (non-hydrogen) atoms. The Morgan fingerprint density at radius 2 is 1.73 bits per heavy atom. The molecule has 168 valence electrons. The van der Waals surface area contributed by atoms with E-state index in [1.165, 1.54) is 23.5 Å². The molecule has 0 saturated heterocycles. The average Bonchev–Trinajstić information content (AvgIpc) is 3.28. The molecule has 9 heteroatoms. The normalized spacial score (nSPS) is 11.1. The lowest BCUT2D eigenvalue weighted by atomic mass is 10.1. The van der Waals surface area contributed by atoms with Gasteiger partial charge in [0.05, 0.1) is 29.0 Å². The Kier molecular flexibility index (Phi) is 6.43. The molecule has 4 rings (SSSR count). The van der Waals surface area contributed by atoms with Crippen LogP contribution in [0.15, 0.2) is 83.1 Å². The fraction of sp³-hybridized carbons (Fsp3) is 0.0833. The molecule has 4 aromatic rings. The summed E-state index contributed by atoms with van der Waals surface area (Å²) in [5, 5.41) is 5.02. The molecule has 0 atom stereocenters. The molecule has 1 heterocycles. The van der Waals surface area contributed by atoms with Crippen LogP contribution >= 0.6 is 11.3 Å². The van der Waals surface area contributed by atoms with Crippen molar-refractivity contribution in [3.63, 3.8) is 0 Å². The zero-order valence-electron chi connectivity index (χ0n) is 17.9. The first-order valence-corrected chi connectivity index (χ1v) is 12.3. The first kappa shape index (κ1) is 22.5. The third-order valence-electron chi connectivity index (χ3n) is 4.88. The Hall–Kier alpha value is -3.69. The zero-order chi connectivity index (χ0) is 23.4. The number of aryl methyl sites for hydroxylation is 1. The highest BCUT2D eigenvalue weighted by atomic mass is 32.2. The minimum atomic E-state index is -3.84. The van der Waals surface area contributed by atoms with Crippen LogP contribution in [-0.2, 0) is 10.0 Å². The lowest BCUT2D eigenvalue weighted by Crippen LogP contribution is -2.18. The van der Waals surface area contributed by atoms with Gasteiger partial charge in [-0.1, -0.05) is 30.3 Å². The summed E-state index contributed by atoms with van der Waals surface area (Å²) in [5.74, 6) is 0.324. The number of hydrogen-bond acceptors (Lipinski definition) is 6. The van der Waals surface area contributed by atoms with Gasteiger partial charge in [0, 0.05) is 10.9 Å². The number of hydrogen-bond donors (Lipinski definition) is 2. The van der Waals surface area contributed by atoms with E-state index >= 15 is 0 Å². The van der Waals surface area contributed by atoms with Crippen molar-refractivity contribution >= 4 is 38.1 Å². The van der Waals surface area contributed by atoms with E-state index in [4.69, 9.17) is 4.74 Å². The molecule has 7 nitrogen and oxygen atoms in total. The van der Waals surface area contributed by atoms with Gasteiger partial charge in [0.1, 0.15) is 5.75 Å². The van der Waals surface area contributed by atoms with Crippen molar-refractivity contribution in [2.75, 3.05) is 17.1 Å². The smallest absolute Gasteiger partial charge is 0.261 e. The number of thiazole rings is 1. The van der Waals surface area contributed by atoms with Gasteiger partial charge in [-0.3, -0.25) is 14.8 Å². The number of benzene rings is 3. The topological polar surface area (TPSA) is 97.4 Å². The van der Waals surface area contributed by atoms with Crippen molar-refractivity contribution in [2.45, 2.75) is 11.8 Å². The van der Waals surface area contributed by atoms with Crippen LogP contribution in [0, 0.1) is 6.92 Å². The molecule has 0 aliphatic carbocycles. The molecule has 1 amide bonds. The van der Waals surface area contributed by atoms with E-state index in [9.17, 15) is 13.2 Å². The number of nitrogens with zero attached hydrogens (tertiary/aromatic N) is 1. The van der Waals surface area contributed by atoms with Crippen LogP contribution in [0.3, 0.4) is 0 Å². The summed E-state index contributed by atoms with van der Waals surface area (Å²) in [6.45, 7) is 1.95. The molecule has 3 aromatic carbocycles. The summed E-state index contributed by atoms with van der Waals surface area (Å²) in [5.41, 5.74) is 2.98. The highest BCUT2D eigenvalue weighted by Gasteiger charge is 2.19. The number of nitrogens with one attached hydrogen (secondary N) is 2. The van der Waals surface area contributed by atoms with Crippen molar-refractivity contribution < 1.29 is 17.9 Å². The van der Waals surface area contributed by atoms with Gasteiger partial charge in [0.25, 0.3) is 15.9 Å². The third kappa shape index (κ3) is 5.05. The van der Waals surface area contributed by atoms with Crippen molar-refractivity contribution in [3.8, 4) is 17.0 Å². The molecule has 0 fully saturated rings. The third-order valence-corrected chi connectivity index (χ3v) is 7.02. The minimum Gasteiger partial charge on any atom is -0.496 e. The fourth-order valence-corrected chi connectivity index (χ4v) is 5.05. The molecule has 0 aliphatic rings. The molecular formula is C24H21N3O4S2. The SMILES string of the molecule is COc1ccc(-c2csc(NC(=O)c3ccccc3NS(=O)(=O)c3ccccc3)n2)cc1C. The highest BCUT2D eigenvalue weighted by molar-refractivity contribution is 7.92. The summed E-state index contributed by atoms with van der Waals surface area (Å²) < 4.78 is 33.2. The van der Waals surface area contributed by atoms with Crippen LogP contribution in [0.1, 0.15) is 15.9 Å². The van der Waals surface area contributed by atoms with Crippen LogP contribution < -0.4 is 14.8 Å². The maximum absolute atomic E-state index is 12.9. The number of ether oxygens (including phenoxy) is 1. The second kappa shape index (κ2) is 9.43. The minimum absolute atomic E-state index is 0.111. The number of para-hydroxylation sites is 1. The van der Waals surface area contributed by atoms with E-state index in [1.807, 2.05) is 30.5 Å². The zero-order valence-corrected chi connectivity index (χ0v) is 19.5. The highest BCUT2D eigenvalue weighted by Crippen LogP contribution is 2.29. The van der Waals surface area contributed by atoms with E-state index in [2.05, 4.69) is 15.0 Å². The maximum Gasteiger partial charge on any atom is 0.261 e. The van der Waals surface area contributed by atoms with Gasteiger partial charge in [-0.05, 0) is 55.0 Å². The van der Waals surface area contributed by atoms with Gasteiger partial charge >= 0.3 is 0 Å². The largest absolute Gasteiger partial charge is 0.496 e. The molecule has 2 N–H and O–H groups in total. The maximum atomic E-state index is 12.9. The number of anilines is 2. The van der Waals surface area contributed by atoms with Gasteiger partial charge in [-0.25, -0.2) is 13.4 Å². The van der Waals surface area contributed by atoms with Crippen LogP contribution in [0.4, 0.5) is 10.8 Å². The van der Waals surface area contributed by atoms with E-state index in [1.54, 1.807) is 49.6 Å². The second-order valence-electron chi connectivity index (χ2n) is 7.14. The lowest BCUT2D eigenvalue weighted by molar-refractivity contribution is 0.102. The monoisotopic (exact) mass is 479 g/mol. The molecule has 1 aromatic heterocycles. The van der Waals surface area contributed by atoms with Crippen molar-refractivity contribution in [1.82, 2.24) is 4.98 Å². The summed E-state index contributed by atoms with van der Waals surface area (Å²) >= 11 is 1.29. The van der Waals surface area contributed by atoms with Crippen LogP contribution in [0.5, 0.6) is 5.75 Å². The molecule has 0 unspecified atom stereocenters. The summed E-state index contributed by atoms with van der Waals surface area (Å²) in [6.07, 6.45) is 0. The van der Waals surface area contributed by atoms with E-state index < -0.39 is 15.9 Å². The second-order valence-corrected chi connectivity index (χ2v) is 9.68. The van der Waals surface area contributed by atoms with E-state index in [0.717, 1.165) is 22.6 Å². The van der Waals surface area contributed by atoms with Gasteiger partial charge in [0.15, 0.2) is 5.13 Å². The number of aromatic nitrogens is 1. The number of carbonyl (C=O) groups excluding carboxylic acids is 1. The van der Waals surface area contributed by atoms with Crippen LogP contribution in [-0.4, -0.2) is 26.4 Å². The van der Waals surface area contributed by atoms with Gasteiger partial charge < -0.3 is 4.74 Å². The molecule has 0 saturated carbocycles. The fourth-order valence-electron chi connectivity index (χ4n) is 3.24. The summed E-state index contributed by atoms with van der Waals surface area (Å²) in [6, 6.07) is 20.2. The Morgan fingerprint density at radius 1 is 1.00 bits per heavy atom. The molecule has 0 radical (unpaired) electrons. The Bertz CT molecular complexity index is 1400. The predicted molar refractivity (Wildman–Crippen MR) is 130 cm³/mol. The number of carbonyl (C=O) groups is 1. The predicted octanol–water partition coefficient (Wildman–Crippen LogP) is 5.18. The van der Waals surface area contributed by atoms with Crippen molar-refractivity contribution in [3.05, 3.63) is 89.3 Å². The lowest BCUT2D eigenvalue weighted by Gasteiger charge is -2.12. The standard InChI is InChI=1S/C24H21N3O4S2/c1-16-14-17(12-13-22(16)31-2)21-15-32-24(25-21)26-23(28)19-10-6-7-11-20(19)27-33(29,30)18-8-4-3-5-9-18/h3-15,27H,1-2H3,(H,25,26,28). The molecule has 0 aliphatic heterocycles. The van der Waals surface area contributed by atoms with Crippen molar-refractivity contribution in [1.29, 1.82) is 0 Å².